The van der Waals surface area contributed by atoms with Crippen LogP contribution in [0.3, 0.4) is 0 Å². The number of aromatic amines is 1. The lowest BCUT2D eigenvalue weighted by molar-refractivity contribution is 0.0531. The van der Waals surface area contributed by atoms with Crippen molar-refractivity contribution in [2.24, 2.45) is 0 Å². The number of carbonyl (C=O) groups excluding carboxylic acids is 1. The van der Waals surface area contributed by atoms with E-state index in [9.17, 15) is 14.7 Å². The second-order valence-corrected chi connectivity index (χ2v) is 4.67. The zero-order valence-electron chi connectivity index (χ0n) is 9.73. The van der Waals surface area contributed by atoms with Crippen LogP contribution in [0.5, 0.6) is 0 Å². The van der Waals surface area contributed by atoms with Crippen LogP contribution in [0.1, 0.15) is 25.1 Å². The highest BCUT2D eigenvalue weighted by Crippen LogP contribution is 2.13. The van der Waals surface area contributed by atoms with Gasteiger partial charge in [-0.1, -0.05) is 12.1 Å². The van der Waals surface area contributed by atoms with E-state index in [4.69, 9.17) is 0 Å². The third kappa shape index (κ3) is 2.29. The maximum atomic E-state index is 11.9. The molecule has 0 unspecified atom stereocenters. The number of aromatic nitrogens is 2. The number of nitrogens with one attached hydrogen (secondary N) is 1. The van der Waals surface area contributed by atoms with Gasteiger partial charge in [0, 0.05) is 0 Å². The van der Waals surface area contributed by atoms with Gasteiger partial charge in [0.1, 0.15) is 0 Å². The summed E-state index contributed by atoms with van der Waals surface area (Å²) >= 11 is 0. The molecule has 0 aliphatic rings. The van der Waals surface area contributed by atoms with Crippen LogP contribution in [0.15, 0.2) is 29.1 Å². The van der Waals surface area contributed by atoms with Gasteiger partial charge in [-0.3, -0.25) is 4.79 Å². The van der Waals surface area contributed by atoms with E-state index in [1.807, 2.05) is 0 Å². The van der Waals surface area contributed by atoms with Gasteiger partial charge in [0.05, 0.1) is 23.1 Å². The number of benzene rings is 1. The normalized spacial score (nSPS) is 11.9. The number of carbonyl (C=O) groups is 1. The van der Waals surface area contributed by atoms with Crippen LogP contribution in [-0.4, -0.2) is 26.2 Å². The van der Waals surface area contributed by atoms with Crippen molar-refractivity contribution >= 4 is 16.9 Å². The molecule has 0 bridgehead atoms. The minimum Gasteiger partial charge on any atom is -0.390 e. The highest BCUT2D eigenvalue weighted by Gasteiger charge is 2.22. The summed E-state index contributed by atoms with van der Waals surface area (Å²) in [6.45, 7) is 3.07. The first-order valence-corrected chi connectivity index (χ1v) is 5.34. The molecule has 0 amide bonds. The summed E-state index contributed by atoms with van der Waals surface area (Å²) in [6, 6.07) is 6.95. The maximum absolute atomic E-state index is 11.9. The molecule has 2 N–H and O–H groups in total. The first-order valence-electron chi connectivity index (χ1n) is 5.34. The predicted octanol–water partition coefficient (Wildman–Crippen LogP) is 1.13. The molecule has 0 fully saturated rings. The summed E-state index contributed by atoms with van der Waals surface area (Å²) in [5.74, 6) is -0.417. The Hall–Kier alpha value is -1.88. The molecule has 90 valence electrons. The topological polar surface area (TPSA) is 75.1 Å². The van der Waals surface area contributed by atoms with E-state index in [1.165, 1.54) is 13.8 Å². The summed E-state index contributed by atoms with van der Waals surface area (Å²) in [5, 5.41) is 9.60. The molecular weight excluding hydrogens is 220 g/mol. The van der Waals surface area contributed by atoms with Crippen molar-refractivity contribution in [2.75, 3.05) is 0 Å². The molecule has 1 heterocycles. The molecule has 1 aromatic carbocycles. The number of hydrogen-bond acceptors (Lipinski definition) is 3. The smallest absolute Gasteiger partial charge is 0.333 e. The van der Waals surface area contributed by atoms with Crippen LogP contribution in [0.2, 0.25) is 0 Å². The van der Waals surface area contributed by atoms with Gasteiger partial charge in [0.15, 0.2) is 0 Å². The zero-order valence-corrected chi connectivity index (χ0v) is 9.73. The molecular formula is C12H14N2O3. The summed E-state index contributed by atoms with van der Waals surface area (Å²) in [4.78, 5) is 26.2. The Kier molecular flexibility index (Phi) is 2.63. The van der Waals surface area contributed by atoms with Crippen molar-refractivity contribution in [2.45, 2.75) is 25.9 Å². The Morgan fingerprint density at radius 3 is 2.71 bits per heavy atom. The average molecular weight is 234 g/mol. The Labute approximate surface area is 97.7 Å². The molecule has 5 heteroatoms. The summed E-state index contributed by atoms with van der Waals surface area (Å²) in [5.41, 5.74) is -0.455. The third-order valence-corrected chi connectivity index (χ3v) is 2.42. The summed E-state index contributed by atoms with van der Waals surface area (Å²) in [7, 11) is 0. The molecule has 17 heavy (non-hydrogen) atoms. The van der Waals surface area contributed by atoms with Crippen molar-refractivity contribution in [3.63, 3.8) is 0 Å². The predicted molar refractivity (Wildman–Crippen MR) is 64.1 cm³/mol. The van der Waals surface area contributed by atoms with Gasteiger partial charge in [-0.25, -0.2) is 9.36 Å². The molecule has 0 saturated carbocycles. The van der Waals surface area contributed by atoms with Crippen LogP contribution in [0, 0.1) is 0 Å². The molecule has 0 spiro atoms. The minimum absolute atomic E-state index is 0.102. The Morgan fingerprint density at radius 1 is 1.41 bits per heavy atom. The van der Waals surface area contributed by atoms with E-state index in [0.29, 0.717) is 11.0 Å². The number of imidazole rings is 1. The monoisotopic (exact) mass is 234 g/mol. The maximum Gasteiger partial charge on any atom is 0.333 e. The van der Waals surface area contributed by atoms with Crippen molar-refractivity contribution in [1.29, 1.82) is 0 Å². The van der Waals surface area contributed by atoms with Crippen LogP contribution in [0.25, 0.3) is 11.0 Å². The largest absolute Gasteiger partial charge is 0.390 e. The third-order valence-electron chi connectivity index (χ3n) is 2.42. The fourth-order valence-electron chi connectivity index (χ4n) is 1.75. The molecule has 0 aliphatic heterocycles. The Morgan fingerprint density at radius 2 is 2.06 bits per heavy atom. The van der Waals surface area contributed by atoms with Crippen LogP contribution >= 0.6 is 0 Å². The van der Waals surface area contributed by atoms with Crippen molar-refractivity contribution in [3.05, 3.63) is 34.7 Å². The number of hydrogen-bond donors (Lipinski definition) is 2. The highest BCUT2D eigenvalue weighted by atomic mass is 16.3. The second-order valence-electron chi connectivity index (χ2n) is 4.67. The summed E-state index contributed by atoms with van der Waals surface area (Å²) in [6.07, 6.45) is -0.102. The van der Waals surface area contributed by atoms with E-state index < -0.39 is 17.2 Å². The van der Waals surface area contributed by atoms with Gasteiger partial charge in [0.2, 0.25) is 5.91 Å². The first kappa shape index (κ1) is 11.6. The van der Waals surface area contributed by atoms with E-state index in [1.54, 1.807) is 24.3 Å². The molecule has 2 rings (SSSR count). The quantitative estimate of drug-likeness (QED) is 0.817. The van der Waals surface area contributed by atoms with E-state index in [2.05, 4.69) is 4.98 Å². The fraction of sp³-hybridized carbons (Fsp3) is 0.333. The lowest BCUT2D eigenvalue weighted by Gasteiger charge is -2.15. The lowest BCUT2D eigenvalue weighted by atomic mass is 10.1. The van der Waals surface area contributed by atoms with Gasteiger partial charge < -0.3 is 10.1 Å². The number of fused-ring (bicyclic) bond motifs is 1. The molecule has 2 aromatic rings. The van der Waals surface area contributed by atoms with Gasteiger partial charge in [-0.2, -0.15) is 0 Å². The number of H-pyrrole nitrogens is 1. The van der Waals surface area contributed by atoms with Gasteiger partial charge in [-0.05, 0) is 26.0 Å². The van der Waals surface area contributed by atoms with E-state index >= 15 is 0 Å². The molecule has 0 aliphatic carbocycles. The fourth-order valence-corrected chi connectivity index (χ4v) is 1.75. The first-order chi connectivity index (χ1) is 7.88. The average Bonchev–Trinajstić information content (AvgIpc) is 2.50. The van der Waals surface area contributed by atoms with Crippen molar-refractivity contribution < 1.29 is 9.90 Å². The zero-order chi connectivity index (χ0) is 12.6. The number of aliphatic hydroxyl groups is 1. The Balaban J connectivity index is 2.52. The molecule has 0 atom stereocenters. The van der Waals surface area contributed by atoms with Crippen LogP contribution in [-0.2, 0) is 0 Å². The molecule has 5 nitrogen and oxygen atoms in total. The van der Waals surface area contributed by atoms with Crippen LogP contribution in [0.4, 0.5) is 0 Å². The van der Waals surface area contributed by atoms with Gasteiger partial charge in [-0.15, -0.1) is 0 Å². The second kappa shape index (κ2) is 3.85. The SMILES string of the molecule is CC(C)(O)CC(=O)n1c(=O)[nH]c2ccccc21. The van der Waals surface area contributed by atoms with E-state index in [0.717, 1.165) is 4.57 Å². The summed E-state index contributed by atoms with van der Waals surface area (Å²) < 4.78 is 1.06. The van der Waals surface area contributed by atoms with E-state index in [-0.39, 0.29) is 6.42 Å². The molecule has 0 radical (unpaired) electrons. The molecule has 0 saturated heterocycles. The number of nitrogens with zero attached hydrogens (tertiary/aromatic N) is 1. The van der Waals surface area contributed by atoms with Gasteiger partial charge >= 0.3 is 5.69 Å². The standard InChI is InChI=1S/C12H14N2O3/c1-12(2,17)7-10(15)14-9-6-4-3-5-8(9)13-11(14)16/h3-6,17H,7H2,1-2H3,(H,13,16). The number of para-hydroxylation sites is 2. The molecule has 1 aromatic heterocycles. The van der Waals surface area contributed by atoms with Crippen molar-refractivity contribution in [1.82, 2.24) is 9.55 Å². The Bertz CT molecular complexity index is 616. The highest BCUT2D eigenvalue weighted by molar-refractivity contribution is 5.90. The number of rotatable bonds is 2. The minimum atomic E-state index is -1.13. The lowest BCUT2D eigenvalue weighted by Crippen LogP contribution is -2.31. The van der Waals surface area contributed by atoms with Gasteiger partial charge in [0.25, 0.3) is 0 Å². The van der Waals surface area contributed by atoms with Crippen LogP contribution < -0.4 is 5.69 Å². The van der Waals surface area contributed by atoms with Crippen molar-refractivity contribution in [3.8, 4) is 0 Å².